The molecule has 0 amide bonds. The maximum absolute atomic E-state index is 10.7. The summed E-state index contributed by atoms with van der Waals surface area (Å²) >= 11 is 0. The van der Waals surface area contributed by atoms with Gasteiger partial charge in [0.1, 0.15) is 24.4 Å². The van der Waals surface area contributed by atoms with Crippen molar-refractivity contribution in [2.24, 2.45) is 11.8 Å². The molecule has 2 aliphatic heterocycles. The Morgan fingerprint density at radius 2 is 1.08 bits per heavy atom. The molecule has 0 bridgehead atoms. The van der Waals surface area contributed by atoms with E-state index in [2.05, 4.69) is 0 Å². The van der Waals surface area contributed by atoms with Crippen molar-refractivity contribution in [2.45, 2.75) is 62.2 Å². The normalized spacial score (nSPS) is 35.1. The molecule has 0 spiro atoms. The van der Waals surface area contributed by atoms with E-state index >= 15 is 0 Å². The first-order chi connectivity index (χ1) is 17.1. The number of carbonyl (C=O) groups excluding carboxylic acids is 2. The minimum absolute atomic E-state index is 0. The van der Waals surface area contributed by atoms with Crippen molar-refractivity contribution < 1.29 is 128 Å². The molecule has 0 saturated carbocycles. The van der Waals surface area contributed by atoms with Gasteiger partial charge in [0.05, 0.1) is 82.6 Å². The topological polar surface area (TPSA) is 217 Å². The van der Waals surface area contributed by atoms with Crippen molar-refractivity contribution in [1.29, 1.82) is 0 Å². The number of hydrogen-bond donors (Lipinski definition) is 4. The molecule has 2 fully saturated rings. The average Bonchev–Trinajstić information content (AvgIpc) is 2.81. The van der Waals surface area contributed by atoms with Gasteiger partial charge in [0, 0.05) is 18.9 Å². The molecule has 14 nitrogen and oxygen atoms in total. The van der Waals surface area contributed by atoms with Gasteiger partial charge in [-0.25, -0.2) is 0 Å². The molecule has 4 N–H and O–H groups in total. The van der Waals surface area contributed by atoms with Crippen LogP contribution in [0.15, 0.2) is 0 Å². The Morgan fingerprint density at radius 3 is 1.53 bits per heavy atom. The molecule has 38 heavy (non-hydrogen) atoms. The first-order valence-corrected chi connectivity index (χ1v) is 11.8. The van der Waals surface area contributed by atoms with Gasteiger partial charge in [-0.2, -0.15) is 0 Å². The third kappa shape index (κ3) is 11.4. The van der Waals surface area contributed by atoms with E-state index < -0.39 is 85.8 Å². The standard InChI is InChI=1S/C22H38O14.2Na/c1-3-11-13(6-33-9-17(23)24)35-16(22(30)19(11)27)8-32-4-12-14(7-34-10-18(25)26)36-15(5-31-2)21(29)20(12)28;;/h11-16,19-22,27-30H,3-10H2,1-2H3,(H,23,24)(H,25,26);;/q;2*+1/p-2/t11-,12-,13?,14?,15+,16+,19-,20?,21?,22?;;/m1../s1. The molecule has 2 saturated heterocycles. The van der Waals surface area contributed by atoms with Crippen LogP contribution in [0.3, 0.4) is 0 Å². The number of methoxy groups -OCH3 is 1. The van der Waals surface area contributed by atoms with Crippen LogP contribution in [0.2, 0.25) is 0 Å². The molecule has 10 atom stereocenters. The second-order valence-corrected chi connectivity index (χ2v) is 8.89. The molecule has 210 valence electrons. The van der Waals surface area contributed by atoms with Crippen LogP contribution in [-0.2, 0) is 38.0 Å². The van der Waals surface area contributed by atoms with E-state index in [1.54, 1.807) is 6.92 Å². The van der Waals surface area contributed by atoms with Crippen molar-refractivity contribution in [3.63, 3.8) is 0 Å². The van der Waals surface area contributed by atoms with E-state index in [4.69, 9.17) is 28.4 Å². The number of rotatable bonds is 15. The second-order valence-electron chi connectivity index (χ2n) is 8.89. The number of aliphatic hydroxyl groups excluding tert-OH is 4. The quantitative estimate of drug-likeness (QED) is 0.135. The van der Waals surface area contributed by atoms with Crippen LogP contribution in [0.25, 0.3) is 0 Å². The summed E-state index contributed by atoms with van der Waals surface area (Å²) in [4.78, 5) is 21.3. The molecule has 5 unspecified atom stereocenters. The molecular formula is C22H36Na2O14. The zero-order valence-corrected chi connectivity index (χ0v) is 26.3. The van der Waals surface area contributed by atoms with Crippen molar-refractivity contribution in [1.82, 2.24) is 0 Å². The van der Waals surface area contributed by atoms with Crippen molar-refractivity contribution in [2.75, 3.05) is 53.4 Å². The molecule has 16 heteroatoms. The van der Waals surface area contributed by atoms with Gasteiger partial charge in [0.15, 0.2) is 0 Å². The summed E-state index contributed by atoms with van der Waals surface area (Å²) < 4.78 is 32.3. The van der Waals surface area contributed by atoms with E-state index in [0.29, 0.717) is 6.42 Å². The molecular weight excluding hydrogens is 534 g/mol. The van der Waals surface area contributed by atoms with Gasteiger partial charge in [0.25, 0.3) is 0 Å². The van der Waals surface area contributed by atoms with Crippen LogP contribution in [-0.4, -0.2) is 135 Å². The fraction of sp³-hybridized carbons (Fsp3) is 0.909. The number of carboxylic acid groups (broad SMARTS) is 2. The van der Waals surface area contributed by atoms with Crippen LogP contribution in [0.5, 0.6) is 0 Å². The van der Waals surface area contributed by atoms with Crippen LogP contribution in [0.4, 0.5) is 0 Å². The van der Waals surface area contributed by atoms with E-state index in [1.807, 2.05) is 0 Å². The summed E-state index contributed by atoms with van der Waals surface area (Å²) in [6.45, 7) is -0.382. The Hall–Kier alpha value is 0.540. The molecule has 2 heterocycles. The Kier molecular flexibility index (Phi) is 19.9. The van der Waals surface area contributed by atoms with Crippen LogP contribution in [0, 0.1) is 11.8 Å². The zero-order valence-electron chi connectivity index (χ0n) is 22.3. The number of ether oxygens (including phenoxy) is 6. The van der Waals surface area contributed by atoms with E-state index in [9.17, 15) is 40.2 Å². The molecule has 0 aromatic carbocycles. The number of carbonyl (C=O) groups is 2. The summed E-state index contributed by atoms with van der Waals surface area (Å²) in [5.74, 6) is -4.19. The number of hydrogen-bond acceptors (Lipinski definition) is 14. The number of aliphatic carboxylic acids is 2. The van der Waals surface area contributed by atoms with Crippen molar-refractivity contribution in [3.05, 3.63) is 0 Å². The number of carboxylic acids is 2. The van der Waals surface area contributed by atoms with Crippen molar-refractivity contribution >= 4 is 11.9 Å². The third-order valence-electron chi connectivity index (χ3n) is 6.39. The van der Waals surface area contributed by atoms with E-state index in [1.165, 1.54) is 7.11 Å². The Bertz CT molecular complexity index is 688. The van der Waals surface area contributed by atoms with Gasteiger partial charge in [-0.05, 0) is 6.42 Å². The molecule has 2 rings (SSSR count). The van der Waals surface area contributed by atoms with Gasteiger partial charge in [0.2, 0.25) is 0 Å². The molecule has 0 aliphatic carbocycles. The minimum Gasteiger partial charge on any atom is -0.548 e. The largest absolute Gasteiger partial charge is 1.00 e. The molecule has 2 aliphatic rings. The summed E-state index contributed by atoms with van der Waals surface area (Å²) in [7, 11) is 1.39. The van der Waals surface area contributed by atoms with Gasteiger partial charge >= 0.3 is 59.1 Å². The predicted molar refractivity (Wildman–Crippen MR) is 113 cm³/mol. The summed E-state index contributed by atoms with van der Waals surface area (Å²) in [6, 6.07) is 0. The van der Waals surface area contributed by atoms with Crippen LogP contribution in [0.1, 0.15) is 13.3 Å². The smallest absolute Gasteiger partial charge is 0.548 e. The van der Waals surface area contributed by atoms with E-state index in [0.717, 1.165) is 0 Å². The molecule has 0 aromatic heterocycles. The Morgan fingerprint density at radius 1 is 0.658 bits per heavy atom. The monoisotopic (exact) mass is 570 g/mol. The van der Waals surface area contributed by atoms with Crippen molar-refractivity contribution in [3.8, 4) is 0 Å². The predicted octanol–water partition coefficient (Wildman–Crippen LogP) is -11.2. The fourth-order valence-electron chi connectivity index (χ4n) is 4.51. The first-order valence-electron chi connectivity index (χ1n) is 11.8. The van der Waals surface area contributed by atoms with Crippen LogP contribution >= 0.6 is 0 Å². The molecule has 0 aromatic rings. The maximum atomic E-state index is 10.7. The van der Waals surface area contributed by atoms with Gasteiger partial charge in [-0.3, -0.25) is 0 Å². The van der Waals surface area contributed by atoms with E-state index in [-0.39, 0.29) is 92.1 Å². The SMILES string of the molecule is CC[C@@H]1C(COCC(=O)[O-])O[C@@H](COC[C@@H]2C(COCC(=O)[O-])O[C@@H](COC)C(O)C2O)C(O)[C@@H]1O.[Na+].[Na+]. The first kappa shape index (κ1) is 38.5. The van der Waals surface area contributed by atoms with Crippen LogP contribution < -0.4 is 69.3 Å². The maximum Gasteiger partial charge on any atom is 1.00 e. The van der Waals surface area contributed by atoms with Gasteiger partial charge in [-0.15, -0.1) is 0 Å². The zero-order chi connectivity index (χ0) is 26.8. The Labute approximate surface area is 265 Å². The average molecular weight is 570 g/mol. The number of aliphatic hydroxyl groups is 4. The second kappa shape index (κ2) is 19.6. The summed E-state index contributed by atoms with van der Waals surface area (Å²) in [6.07, 6.45) is -8.15. The molecule has 0 radical (unpaired) electrons. The third-order valence-corrected chi connectivity index (χ3v) is 6.39. The summed E-state index contributed by atoms with van der Waals surface area (Å²) in [5, 5.41) is 63.4. The fourth-order valence-corrected chi connectivity index (χ4v) is 4.51. The minimum atomic E-state index is -1.43. The Balaban J connectivity index is 0.00000684. The van der Waals surface area contributed by atoms with Gasteiger partial charge in [-0.1, -0.05) is 6.92 Å². The van der Waals surface area contributed by atoms with Gasteiger partial charge < -0.3 is 68.6 Å². The summed E-state index contributed by atoms with van der Waals surface area (Å²) in [5.41, 5.74) is 0.